The van der Waals surface area contributed by atoms with Gasteiger partial charge in [0.25, 0.3) is 0 Å². The van der Waals surface area contributed by atoms with Gasteiger partial charge in [0.2, 0.25) is 5.91 Å². The number of imidazole rings is 1. The number of hydrogen-bond acceptors (Lipinski definition) is 6. The van der Waals surface area contributed by atoms with E-state index in [4.69, 9.17) is 30.8 Å². The second-order valence-electron chi connectivity index (χ2n) is 9.34. The molecular weight excluding hydrogens is 504 g/mol. The summed E-state index contributed by atoms with van der Waals surface area (Å²) in [6.07, 6.45) is 4.59. The van der Waals surface area contributed by atoms with Gasteiger partial charge in [-0.3, -0.25) is 9.78 Å². The maximum absolute atomic E-state index is 13.7. The van der Waals surface area contributed by atoms with Crippen LogP contribution in [-0.4, -0.2) is 41.8 Å². The topological polar surface area (TPSA) is 78.7 Å². The number of aromatic nitrogens is 3. The van der Waals surface area contributed by atoms with Gasteiger partial charge in [0.05, 0.1) is 51.8 Å². The minimum Gasteiger partial charge on any atom is -0.496 e. The lowest BCUT2D eigenvalue weighted by atomic mass is 10.1. The molecule has 4 aromatic rings. The Hall–Kier alpha value is -3.78. The molecule has 1 amide bonds. The molecule has 38 heavy (non-hydrogen) atoms. The number of carbonyl (C=O) groups excluding carboxylic acids is 1. The highest BCUT2D eigenvalue weighted by Gasteiger charge is 2.25. The summed E-state index contributed by atoms with van der Waals surface area (Å²) >= 11 is 6.80. The predicted molar refractivity (Wildman–Crippen MR) is 149 cm³/mol. The van der Waals surface area contributed by atoms with E-state index in [0.717, 1.165) is 28.8 Å². The van der Waals surface area contributed by atoms with Crippen LogP contribution in [-0.2, 0) is 17.9 Å². The number of halogens is 1. The number of hydrogen-bond donors (Lipinski definition) is 0. The summed E-state index contributed by atoms with van der Waals surface area (Å²) < 4.78 is 18.6. The van der Waals surface area contributed by atoms with Gasteiger partial charge in [-0.05, 0) is 36.6 Å². The van der Waals surface area contributed by atoms with E-state index in [2.05, 4.69) is 23.4 Å². The van der Waals surface area contributed by atoms with Crippen molar-refractivity contribution in [2.75, 3.05) is 26.2 Å². The Labute approximate surface area is 228 Å². The second-order valence-corrected chi connectivity index (χ2v) is 9.71. The maximum atomic E-state index is 13.7. The maximum Gasteiger partial charge on any atom is 0.227 e. The molecule has 0 spiro atoms. The van der Waals surface area contributed by atoms with E-state index in [1.807, 2.05) is 30.3 Å². The number of fused-ring (bicyclic) bond motifs is 1. The van der Waals surface area contributed by atoms with Crippen LogP contribution in [0.15, 0.2) is 54.9 Å². The molecule has 0 radical (unpaired) electrons. The van der Waals surface area contributed by atoms with E-state index < -0.39 is 0 Å². The fraction of sp³-hybridized carbons (Fsp3) is 0.345. The Morgan fingerprint density at radius 2 is 1.79 bits per heavy atom. The van der Waals surface area contributed by atoms with Crippen LogP contribution in [0.4, 0.5) is 5.69 Å². The van der Waals surface area contributed by atoms with Crippen molar-refractivity contribution in [3.05, 3.63) is 71.3 Å². The third-order valence-electron chi connectivity index (χ3n) is 6.44. The summed E-state index contributed by atoms with van der Waals surface area (Å²) in [6, 6.07) is 13.3. The number of rotatable bonds is 11. The molecule has 0 N–H and O–H groups in total. The van der Waals surface area contributed by atoms with Crippen LogP contribution in [0, 0.1) is 5.92 Å². The number of ether oxygens (including phenoxy) is 3. The lowest BCUT2D eigenvalue weighted by molar-refractivity contribution is -0.119. The van der Waals surface area contributed by atoms with Crippen LogP contribution in [0.3, 0.4) is 0 Å². The molecule has 0 unspecified atom stereocenters. The predicted octanol–water partition coefficient (Wildman–Crippen LogP) is 6.13. The van der Waals surface area contributed by atoms with Crippen molar-refractivity contribution in [3.63, 3.8) is 0 Å². The van der Waals surface area contributed by atoms with Gasteiger partial charge in [0.15, 0.2) is 11.5 Å². The smallest absolute Gasteiger partial charge is 0.227 e. The van der Waals surface area contributed by atoms with Crippen LogP contribution < -0.4 is 19.1 Å². The fourth-order valence-electron chi connectivity index (χ4n) is 4.42. The minimum absolute atomic E-state index is 0.0538. The highest BCUT2D eigenvalue weighted by atomic mass is 35.5. The summed E-state index contributed by atoms with van der Waals surface area (Å²) in [4.78, 5) is 24.5. The van der Waals surface area contributed by atoms with Crippen molar-refractivity contribution in [3.8, 4) is 17.2 Å². The molecular formula is C29H33ClN4O4. The number of anilines is 1. The summed E-state index contributed by atoms with van der Waals surface area (Å²) in [5, 5.41) is 0.304. The van der Waals surface area contributed by atoms with Gasteiger partial charge in [-0.1, -0.05) is 43.6 Å². The molecule has 2 heterocycles. The molecule has 2 aromatic carbocycles. The van der Waals surface area contributed by atoms with Crippen LogP contribution in [0.5, 0.6) is 17.2 Å². The fourth-order valence-corrected chi connectivity index (χ4v) is 4.75. The molecule has 0 bridgehead atoms. The third kappa shape index (κ3) is 5.70. The van der Waals surface area contributed by atoms with Crippen molar-refractivity contribution in [1.82, 2.24) is 14.5 Å². The molecule has 0 aliphatic rings. The Balaban J connectivity index is 1.82. The molecule has 0 aliphatic heterocycles. The Morgan fingerprint density at radius 1 is 1.03 bits per heavy atom. The lowest BCUT2D eigenvalue weighted by Gasteiger charge is -2.26. The molecule has 0 saturated carbocycles. The first kappa shape index (κ1) is 27.3. The summed E-state index contributed by atoms with van der Waals surface area (Å²) in [5.74, 6) is 2.67. The Kier molecular flexibility index (Phi) is 8.73. The number of amides is 1. The van der Waals surface area contributed by atoms with E-state index >= 15 is 0 Å². The summed E-state index contributed by atoms with van der Waals surface area (Å²) in [5.41, 5.74) is 3.18. The SMILES string of the molecule is COc1ccccc1Cn1c(CN(C(=O)CCC(C)C)c2ccc(OC)c(OC)c2Cl)nc2cnccc21. The first-order valence-electron chi connectivity index (χ1n) is 12.5. The van der Waals surface area contributed by atoms with Gasteiger partial charge < -0.3 is 23.7 Å². The highest BCUT2D eigenvalue weighted by Crippen LogP contribution is 2.42. The zero-order valence-corrected chi connectivity index (χ0v) is 23.2. The molecule has 0 saturated heterocycles. The summed E-state index contributed by atoms with van der Waals surface area (Å²) in [6.45, 7) is 4.91. The highest BCUT2D eigenvalue weighted by molar-refractivity contribution is 6.35. The Morgan fingerprint density at radius 3 is 2.50 bits per heavy atom. The van der Waals surface area contributed by atoms with E-state index in [-0.39, 0.29) is 12.5 Å². The second kappa shape index (κ2) is 12.2. The molecule has 9 heteroatoms. The minimum atomic E-state index is -0.0538. The van der Waals surface area contributed by atoms with Crippen LogP contribution in [0.1, 0.15) is 38.1 Å². The molecule has 4 rings (SSSR count). The standard InChI is InChI=1S/C29H33ClN4O4/c1-19(2)10-13-27(35)34(23-11-12-25(37-4)29(38-5)28(23)30)18-26-32-21-16-31-15-14-22(21)33(26)17-20-8-6-7-9-24(20)36-3/h6-9,11-12,14-16,19H,10,13,17-18H2,1-5H3. The van der Waals surface area contributed by atoms with Crippen LogP contribution >= 0.6 is 11.6 Å². The van der Waals surface area contributed by atoms with Gasteiger partial charge in [-0.2, -0.15) is 0 Å². The molecule has 0 atom stereocenters. The van der Waals surface area contributed by atoms with Gasteiger partial charge in [-0.25, -0.2) is 4.98 Å². The van der Waals surface area contributed by atoms with E-state index in [1.165, 1.54) is 7.11 Å². The molecule has 2 aromatic heterocycles. The van der Waals surface area contributed by atoms with Gasteiger partial charge in [0, 0.05) is 18.2 Å². The van der Waals surface area contributed by atoms with Crippen molar-refractivity contribution in [2.24, 2.45) is 5.92 Å². The third-order valence-corrected chi connectivity index (χ3v) is 6.81. The number of pyridine rings is 1. The monoisotopic (exact) mass is 536 g/mol. The summed E-state index contributed by atoms with van der Waals surface area (Å²) in [7, 11) is 4.73. The number of carbonyl (C=O) groups is 1. The average molecular weight is 537 g/mol. The molecule has 0 aliphatic carbocycles. The molecule has 0 fully saturated rings. The molecule has 8 nitrogen and oxygen atoms in total. The van der Waals surface area contributed by atoms with E-state index in [0.29, 0.717) is 46.9 Å². The number of benzene rings is 2. The quantitative estimate of drug-likeness (QED) is 0.229. The number of methoxy groups -OCH3 is 3. The van der Waals surface area contributed by atoms with Crippen molar-refractivity contribution < 1.29 is 19.0 Å². The van der Waals surface area contributed by atoms with Crippen molar-refractivity contribution in [2.45, 2.75) is 39.8 Å². The van der Waals surface area contributed by atoms with Crippen LogP contribution in [0.2, 0.25) is 5.02 Å². The zero-order chi connectivity index (χ0) is 27.2. The van der Waals surface area contributed by atoms with Gasteiger partial charge in [-0.15, -0.1) is 0 Å². The van der Waals surface area contributed by atoms with Crippen LogP contribution in [0.25, 0.3) is 11.0 Å². The zero-order valence-electron chi connectivity index (χ0n) is 22.4. The first-order chi connectivity index (χ1) is 18.4. The van der Waals surface area contributed by atoms with Crippen molar-refractivity contribution >= 4 is 34.2 Å². The lowest BCUT2D eigenvalue weighted by Crippen LogP contribution is -2.32. The average Bonchev–Trinajstić information content (AvgIpc) is 3.27. The largest absolute Gasteiger partial charge is 0.496 e. The van der Waals surface area contributed by atoms with E-state index in [9.17, 15) is 4.79 Å². The van der Waals surface area contributed by atoms with Gasteiger partial charge >= 0.3 is 0 Å². The van der Waals surface area contributed by atoms with Crippen molar-refractivity contribution in [1.29, 1.82) is 0 Å². The number of nitrogens with zero attached hydrogens (tertiary/aromatic N) is 4. The van der Waals surface area contributed by atoms with Gasteiger partial charge in [0.1, 0.15) is 22.1 Å². The first-order valence-corrected chi connectivity index (χ1v) is 12.9. The number of para-hydroxylation sites is 1. The Bertz CT molecular complexity index is 1420. The van der Waals surface area contributed by atoms with E-state index in [1.54, 1.807) is 43.6 Å². The molecule has 200 valence electrons. The normalized spacial score (nSPS) is 11.1.